The Morgan fingerprint density at radius 3 is 2.37 bits per heavy atom. The van der Waals surface area contributed by atoms with E-state index < -0.39 is 5.41 Å². The van der Waals surface area contributed by atoms with Gasteiger partial charge in [-0.05, 0) is 13.0 Å². The van der Waals surface area contributed by atoms with Gasteiger partial charge in [0.25, 0.3) is 0 Å². The third-order valence-electron chi connectivity index (χ3n) is 3.07. The minimum absolute atomic E-state index is 0. The molecule has 1 aliphatic heterocycles. The second kappa shape index (κ2) is 8.72. The molecule has 0 bridgehead atoms. The lowest BCUT2D eigenvalue weighted by molar-refractivity contribution is -0.135. The summed E-state index contributed by atoms with van der Waals surface area (Å²) in [4.78, 5) is 23.9. The van der Waals surface area contributed by atoms with Gasteiger partial charge in [0.1, 0.15) is 0 Å². The van der Waals surface area contributed by atoms with Gasteiger partial charge in [-0.1, -0.05) is 12.2 Å². The van der Waals surface area contributed by atoms with E-state index in [-0.39, 0.29) is 30.6 Å². The van der Waals surface area contributed by atoms with E-state index in [1.54, 1.807) is 12.2 Å². The van der Waals surface area contributed by atoms with Crippen molar-refractivity contribution in [3.05, 3.63) is 25.3 Å². The van der Waals surface area contributed by atoms with Crippen LogP contribution in [-0.4, -0.2) is 38.0 Å². The lowest BCUT2D eigenvalue weighted by Gasteiger charge is -2.26. The molecule has 0 aromatic heterocycles. The van der Waals surface area contributed by atoms with E-state index in [0.29, 0.717) is 26.1 Å². The van der Waals surface area contributed by atoms with Crippen molar-refractivity contribution in [3.63, 3.8) is 0 Å². The molecule has 0 radical (unpaired) electrons. The van der Waals surface area contributed by atoms with Gasteiger partial charge in [-0.3, -0.25) is 9.59 Å². The maximum Gasteiger partial charge on any atom is 0.228 e. The second-order valence-corrected chi connectivity index (χ2v) is 4.48. The van der Waals surface area contributed by atoms with Gasteiger partial charge >= 0.3 is 0 Å². The van der Waals surface area contributed by atoms with Gasteiger partial charge in [-0.2, -0.15) is 0 Å². The molecule has 3 N–H and O–H groups in total. The molecule has 1 fully saturated rings. The number of hydrogen-bond acceptors (Lipinski definition) is 3. The largest absolute Gasteiger partial charge is 0.353 e. The van der Waals surface area contributed by atoms with E-state index >= 15 is 0 Å². The van der Waals surface area contributed by atoms with Crippen LogP contribution in [0.25, 0.3) is 0 Å². The van der Waals surface area contributed by atoms with Crippen LogP contribution in [0.4, 0.5) is 0 Å². The summed E-state index contributed by atoms with van der Waals surface area (Å²) in [6, 6.07) is 0. The first-order valence-corrected chi connectivity index (χ1v) is 6.12. The molecule has 0 aliphatic carbocycles. The van der Waals surface area contributed by atoms with Crippen molar-refractivity contribution in [1.29, 1.82) is 0 Å². The van der Waals surface area contributed by atoms with Crippen LogP contribution >= 0.6 is 12.4 Å². The van der Waals surface area contributed by atoms with E-state index in [0.717, 1.165) is 6.54 Å². The fraction of sp³-hybridized carbons (Fsp3) is 0.538. The maximum absolute atomic E-state index is 12.1. The summed E-state index contributed by atoms with van der Waals surface area (Å²) >= 11 is 0. The van der Waals surface area contributed by atoms with Crippen molar-refractivity contribution in [3.8, 4) is 0 Å². The Bertz CT molecular complexity index is 339. The molecule has 1 saturated heterocycles. The van der Waals surface area contributed by atoms with Crippen LogP contribution in [0.1, 0.15) is 12.8 Å². The van der Waals surface area contributed by atoms with Gasteiger partial charge < -0.3 is 16.0 Å². The first kappa shape index (κ1) is 17.7. The maximum atomic E-state index is 12.1. The molecule has 1 rings (SSSR count). The summed E-state index contributed by atoms with van der Waals surface area (Å²) in [6.07, 6.45) is 4.13. The predicted molar refractivity (Wildman–Crippen MR) is 78.2 cm³/mol. The quantitative estimate of drug-likeness (QED) is 0.593. The molecule has 0 saturated carbocycles. The Labute approximate surface area is 120 Å². The van der Waals surface area contributed by atoms with Gasteiger partial charge in [0.2, 0.25) is 11.8 Å². The Kier molecular flexibility index (Phi) is 8.11. The van der Waals surface area contributed by atoms with Crippen LogP contribution in [0.3, 0.4) is 0 Å². The Hall–Kier alpha value is -1.33. The van der Waals surface area contributed by atoms with Gasteiger partial charge in [0.15, 0.2) is 0 Å². The highest BCUT2D eigenvalue weighted by atomic mass is 35.5. The van der Waals surface area contributed by atoms with Crippen molar-refractivity contribution in [1.82, 2.24) is 16.0 Å². The summed E-state index contributed by atoms with van der Waals surface area (Å²) in [5.74, 6) is -0.200. The average molecular weight is 288 g/mol. The smallest absolute Gasteiger partial charge is 0.228 e. The summed E-state index contributed by atoms with van der Waals surface area (Å²) in [5.41, 5.74) is -0.631. The predicted octanol–water partition coefficient (Wildman–Crippen LogP) is 0.382. The first-order valence-electron chi connectivity index (χ1n) is 6.12. The standard InChI is InChI=1S/C13H21N3O2.ClH/c1-3-6-15-11(17)9-13(5-8-14-10-13)12(18)16-7-4-2;/h3-4,14H,1-2,5-10H2,(H,15,17)(H,16,18);1H. The molecule has 2 amide bonds. The number of amides is 2. The van der Waals surface area contributed by atoms with E-state index in [2.05, 4.69) is 29.1 Å². The van der Waals surface area contributed by atoms with E-state index in [9.17, 15) is 9.59 Å². The Morgan fingerprint density at radius 1 is 1.21 bits per heavy atom. The molecular formula is C13H22ClN3O2. The first-order chi connectivity index (χ1) is 8.64. The molecular weight excluding hydrogens is 266 g/mol. The lowest BCUT2D eigenvalue weighted by atomic mass is 9.82. The molecule has 108 valence electrons. The molecule has 0 aromatic carbocycles. The monoisotopic (exact) mass is 287 g/mol. The fourth-order valence-corrected chi connectivity index (χ4v) is 2.08. The van der Waals surface area contributed by atoms with E-state index in [1.165, 1.54) is 0 Å². The summed E-state index contributed by atoms with van der Waals surface area (Å²) in [7, 11) is 0. The number of halogens is 1. The molecule has 1 atom stereocenters. The zero-order chi connectivity index (χ0) is 13.4. The average Bonchev–Trinajstić information content (AvgIpc) is 2.83. The van der Waals surface area contributed by atoms with Crippen LogP contribution in [0.15, 0.2) is 25.3 Å². The summed E-state index contributed by atoms with van der Waals surface area (Å²) < 4.78 is 0. The molecule has 6 heteroatoms. The molecule has 19 heavy (non-hydrogen) atoms. The number of nitrogens with one attached hydrogen (secondary N) is 3. The van der Waals surface area contributed by atoms with Crippen LogP contribution in [0, 0.1) is 5.41 Å². The zero-order valence-corrected chi connectivity index (χ0v) is 11.9. The van der Waals surface area contributed by atoms with Crippen molar-refractivity contribution in [2.24, 2.45) is 5.41 Å². The number of rotatable bonds is 7. The van der Waals surface area contributed by atoms with Crippen LogP contribution in [-0.2, 0) is 9.59 Å². The minimum atomic E-state index is -0.631. The molecule has 1 unspecified atom stereocenters. The van der Waals surface area contributed by atoms with E-state index in [4.69, 9.17) is 0 Å². The molecule has 1 aliphatic rings. The highest BCUT2D eigenvalue weighted by Gasteiger charge is 2.42. The lowest BCUT2D eigenvalue weighted by Crippen LogP contribution is -2.45. The normalized spacial score (nSPS) is 21.1. The van der Waals surface area contributed by atoms with Gasteiger partial charge in [-0.25, -0.2) is 0 Å². The SMILES string of the molecule is C=CCNC(=O)CC1(C(=O)NCC=C)CCNC1.Cl. The van der Waals surface area contributed by atoms with Crippen molar-refractivity contribution in [2.45, 2.75) is 12.8 Å². The van der Waals surface area contributed by atoms with Crippen LogP contribution in [0.2, 0.25) is 0 Å². The minimum Gasteiger partial charge on any atom is -0.353 e. The number of hydrogen-bond donors (Lipinski definition) is 3. The van der Waals surface area contributed by atoms with Crippen LogP contribution < -0.4 is 16.0 Å². The van der Waals surface area contributed by atoms with E-state index in [1.807, 2.05) is 0 Å². The van der Waals surface area contributed by atoms with Crippen molar-refractivity contribution in [2.75, 3.05) is 26.2 Å². The van der Waals surface area contributed by atoms with Crippen molar-refractivity contribution >= 4 is 24.2 Å². The van der Waals surface area contributed by atoms with Gasteiger partial charge in [-0.15, -0.1) is 25.6 Å². The Morgan fingerprint density at radius 2 is 1.84 bits per heavy atom. The van der Waals surface area contributed by atoms with Crippen LogP contribution in [0.5, 0.6) is 0 Å². The second-order valence-electron chi connectivity index (χ2n) is 4.48. The third kappa shape index (κ3) is 5.04. The Balaban J connectivity index is 0.00000324. The van der Waals surface area contributed by atoms with Gasteiger partial charge in [0.05, 0.1) is 5.41 Å². The van der Waals surface area contributed by atoms with Gasteiger partial charge in [0, 0.05) is 26.1 Å². The summed E-state index contributed by atoms with van der Waals surface area (Å²) in [5, 5.41) is 8.63. The topological polar surface area (TPSA) is 70.2 Å². The van der Waals surface area contributed by atoms with Crippen molar-refractivity contribution < 1.29 is 9.59 Å². The number of carbonyl (C=O) groups is 2. The number of carbonyl (C=O) groups excluding carboxylic acids is 2. The molecule has 1 heterocycles. The molecule has 0 aromatic rings. The molecule has 0 spiro atoms. The third-order valence-corrected chi connectivity index (χ3v) is 3.07. The fourth-order valence-electron chi connectivity index (χ4n) is 2.08. The highest BCUT2D eigenvalue weighted by molar-refractivity contribution is 5.89. The molecule has 5 nitrogen and oxygen atoms in total. The zero-order valence-electron chi connectivity index (χ0n) is 11.0. The highest BCUT2D eigenvalue weighted by Crippen LogP contribution is 2.29. The summed E-state index contributed by atoms with van der Waals surface area (Å²) in [6.45, 7) is 9.25.